The lowest BCUT2D eigenvalue weighted by atomic mass is 9.86. The summed E-state index contributed by atoms with van der Waals surface area (Å²) in [5, 5.41) is 11.3. The number of fused-ring (bicyclic) bond motifs is 2. The van der Waals surface area contributed by atoms with E-state index in [0.717, 1.165) is 35.6 Å². The van der Waals surface area contributed by atoms with Crippen LogP contribution in [0.4, 0.5) is 27.1 Å². The third-order valence-electron chi connectivity index (χ3n) is 6.72. The number of anilines is 1. The van der Waals surface area contributed by atoms with Crippen molar-refractivity contribution in [1.82, 2.24) is 9.97 Å². The fourth-order valence-electron chi connectivity index (χ4n) is 4.46. The zero-order valence-corrected chi connectivity index (χ0v) is 22.1. The molecule has 214 valence electrons. The molecular weight excluding hydrogens is 595 g/mol. The molecule has 8 nitrogen and oxygen atoms in total. The predicted molar refractivity (Wildman–Crippen MR) is 140 cm³/mol. The van der Waals surface area contributed by atoms with E-state index in [1.165, 1.54) is 12.1 Å². The molecule has 2 atom stereocenters. The molecule has 0 bridgehead atoms. The molecule has 0 saturated heterocycles. The van der Waals surface area contributed by atoms with E-state index in [1.807, 2.05) is 0 Å². The molecule has 5 rings (SSSR count). The molecule has 2 aromatic heterocycles. The zero-order valence-electron chi connectivity index (χ0n) is 20.6. The second kappa shape index (κ2) is 9.89. The minimum Gasteiger partial charge on any atom is -0.487 e. The number of hydrogen-bond acceptors (Lipinski definition) is 8. The Kier molecular flexibility index (Phi) is 6.91. The van der Waals surface area contributed by atoms with E-state index in [1.54, 1.807) is 0 Å². The number of benzene rings is 2. The number of amides is 1. The molecule has 0 unspecified atom stereocenters. The standard InChI is InChI=1S/C26H18ClF5N4O4S/c27-15-7-12(8-17-20(15)36-23(34)41-17)16(37)5-6-25(39,26(30,31)32)18-9-14-21(40-10-24(14,29)22(33)38)19(35-18)11-1-3-13(28)4-2-11/h1-4,7-9,39H,5-6,10H2,(H2,33,38)(H2,34,36)/t24-,25+/m1/s1. The van der Waals surface area contributed by atoms with E-state index in [0.29, 0.717) is 16.3 Å². The van der Waals surface area contributed by atoms with Crippen molar-refractivity contribution < 1.29 is 41.4 Å². The number of aliphatic hydroxyl groups is 1. The smallest absolute Gasteiger partial charge is 0.422 e. The van der Waals surface area contributed by atoms with Gasteiger partial charge in [0.15, 0.2) is 16.7 Å². The molecule has 0 saturated carbocycles. The molecule has 1 aliphatic rings. The number of alkyl halides is 4. The van der Waals surface area contributed by atoms with E-state index < -0.39 is 77.1 Å². The maximum Gasteiger partial charge on any atom is 0.422 e. The molecular formula is C26H18ClF5N4O4S. The minimum absolute atomic E-state index is 0.00518. The van der Waals surface area contributed by atoms with Crippen LogP contribution in [0.2, 0.25) is 5.02 Å². The molecule has 0 aliphatic carbocycles. The van der Waals surface area contributed by atoms with Gasteiger partial charge in [0.05, 0.1) is 15.4 Å². The van der Waals surface area contributed by atoms with Crippen LogP contribution in [0.15, 0.2) is 42.5 Å². The van der Waals surface area contributed by atoms with Crippen LogP contribution in [-0.2, 0) is 16.1 Å². The van der Waals surface area contributed by atoms with Crippen molar-refractivity contribution in [3.63, 3.8) is 0 Å². The van der Waals surface area contributed by atoms with E-state index in [9.17, 15) is 32.3 Å². The van der Waals surface area contributed by atoms with E-state index >= 15 is 4.39 Å². The average molecular weight is 613 g/mol. The van der Waals surface area contributed by atoms with E-state index in [2.05, 4.69) is 9.97 Å². The van der Waals surface area contributed by atoms with Crippen LogP contribution in [0.1, 0.15) is 34.5 Å². The molecule has 0 spiro atoms. The number of rotatable bonds is 7. The number of ketones is 1. The molecule has 4 aromatic rings. The van der Waals surface area contributed by atoms with Crippen LogP contribution >= 0.6 is 22.9 Å². The predicted octanol–water partition coefficient (Wildman–Crippen LogP) is 5.19. The van der Waals surface area contributed by atoms with Crippen LogP contribution in [-0.4, -0.2) is 39.5 Å². The highest BCUT2D eigenvalue weighted by Gasteiger charge is 2.58. The lowest BCUT2D eigenvalue weighted by Gasteiger charge is -2.31. The molecule has 41 heavy (non-hydrogen) atoms. The molecule has 3 heterocycles. The third kappa shape index (κ3) is 4.85. The second-order valence-electron chi connectivity index (χ2n) is 9.33. The van der Waals surface area contributed by atoms with Crippen molar-refractivity contribution in [2.24, 2.45) is 5.73 Å². The number of primary amides is 1. The Morgan fingerprint density at radius 1 is 1.15 bits per heavy atom. The number of nitrogens with zero attached hydrogens (tertiary/aromatic N) is 2. The number of ether oxygens (including phenoxy) is 1. The average Bonchev–Trinajstić information content (AvgIpc) is 3.46. The van der Waals surface area contributed by atoms with E-state index in [-0.39, 0.29) is 21.3 Å². The molecule has 1 amide bonds. The zero-order chi connectivity index (χ0) is 29.9. The fourth-order valence-corrected chi connectivity index (χ4v) is 5.58. The van der Waals surface area contributed by atoms with E-state index in [4.69, 9.17) is 27.8 Å². The van der Waals surface area contributed by atoms with Gasteiger partial charge in [-0.05, 0) is 48.9 Å². The Morgan fingerprint density at radius 3 is 2.46 bits per heavy atom. The first-order chi connectivity index (χ1) is 19.1. The third-order valence-corrected chi connectivity index (χ3v) is 7.84. The second-order valence-corrected chi connectivity index (χ2v) is 10.8. The van der Waals surface area contributed by atoms with Crippen molar-refractivity contribution in [2.75, 3.05) is 12.3 Å². The highest BCUT2D eigenvalue weighted by atomic mass is 35.5. The maximum atomic E-state index is 15.6. The lowest BCUT2D eigenvalue weighted by molar-refractivity contribution is -0.270. The van der Waals surface area contributed by atoms with Crippen molar-refractivity contribution >= 4 is 50.0 Å². The van der Waals surface area contributed by atoms with Gasteiger partial charge in [0, 0.05) is 23.1 Å². The number of nitrogen functional groups attached to an aromatic ring is 1. The van der Waals surface area contributed by atoms with Crippen molar-refractivity contribution in [2.45, 2.75) is 30.3 Å². The lowest BCUT2D eigenvalue weighted by Crippen LogP contribution is -2.44. The monoisotopic (exact) mass is 612 g/mol. The van der Waals surface area contributed by atoms with Crippen molar-refractivity contribution in [3.05, 3.63) is 70.1 Å². The first-order valence-electron chi connectivity index (χ1n) is 11.8. The number of aromatic nitrogens is 2. The van der Waals surface area contributed by atoms with Gasteiger partial charge in [-0.15, -0.1) is 0 Å². The number of nitrogens with two attached hydrogens (primary N) is 2. The number of carbonyl (C=O) groups excluding carboxylic acids is 2. The quantitative estimate of drug-likeness (QED) is 0.193. The van der Waals surface area contributed by atoms with Crippen molar-refractivity contribution in [1.29, 1.82) is 0 Å². The summed E-state index contributed by atoms with van der Waals surface area (Å²) >= 11 is 7.18. The van der Waals surface area contributed by atoms with Crippen LogP contribution in [0.5, 0.6) is 5.75 Å². The first-order valence-corrected chi connectivity index (χ1v) is 12.9. The van der Waals surface area contributed by atoms with Crippen LogP contribution < -0.4 is 16.2 Å². The van der Waals surface area contributed by atoms with Crippen LogP contribution in [0.3, 0.4) is 0 Å². The number of thiazole rings is 1. The summed E-state index contributed by atoms with van der Waals surface area (Å²) in [6.07, 6.45) is -7.50. The van der Waals surface area contributed by atoms with Gasteiger partial charge in [-0.1, -0.05) is 22.9 Å². The Bertz CT molecular complexity index is 1720. The summed E-state index contributed by atoms with van der Waals surface area (Å²) in [7, 11) is 0. The molecule has 15 heteroatoms. The SMILES string of the molecule is NC(=O)[C@@]1(F)COc2c1cc([C@@](O)(CCC(=O)c1cc(Cl)c3nc(N)sc3c1)C(F)(F)F)nc2-c1ccc(F)cc1. The maximum absolute atomic E-state index is 15.6. The number of Topliss-reactive ketones (excluding diaryl/α,β-unsaturated/α-hetero) is 1. The number of pyridine rings is 1. The van der Waals surface area contributed by atoms with Crippen LogP contribution in [0.25, 0.3) is 21.5 Å². The summed E-state index contributed by atoms with van der Waals surface area (Å²) < 4.78 is 78.4. The van der Waals surface area contributed by atoms with Gasteiger partial charge in [-0.25, -0.2) is 18.7 Å². The van der Waals surface area contributed by atoms with Gasteiger partial charge in [0.1, 0.15) is 23.6 Å². The Hall–Kier alpha value is -3.88. The summed E-state index contributed by atoms with van der Waals surface area (Å²) in [6.45, 7) is -0.953. The molecule has 0 fully saturated rings. The molecule has 2 aromatic carbocycles. The fraction of sp³-hybridized carbons (Fsp3) is 0.231. The highest BCUT2D eigenvalue weighted by molar-refractivity contribution is 7.22. The molecule has 5 N–H and O–H groups in total. The molecule has 0 radical (unpaired) electrons. The highest BCUT2D eigenvalue weighted by Crippen LogP contribution is 2.49. The minimum atomic E-state index is -5.42. The summed E-state index contributed by atoms with van der Waals surface area (Å²) in [4.78, 5) is 32.9. The number of carbonyl (C=O) groups is 2. The summed E-state index contributed by atoms with van der Waals surface area (Å²) in [5.41, 5.74) is 2.10. The van der Waals surface area contributed by atoms with Gasteiger partial charge in [0.2, 0.25) is 5.60 Å². The first kappa shape index (κ1) is 28.6. The largest absolute Gasteiger partial charge is 0.487 e. The summed E-state index contributed by atoms with van der Waals surface area (Å²) in [6, 6.07) is 7.39. The number of hydrogen-bond donors (Lipinski definition) is 3. The summed E-state index contributed by atoms with van der Waals surface area (Å²) in [5.74, 6) is -3.41. The van der Waals surface area contributed by atoms with Gasteiger partial charge >= 0.3 is 6.18 Å². The molecule has 1 aliphatic heterocycles. The number of halogens is 6. The Labute approximate surface area is 236 Å². The van der Waals surface area contributed by atoms with Gasteiger partial charge in [-0.2, -0.15) is 13.2 Å². The normalized spacial score (nSPS) is 18.1. The van der Waals surface area contributed by atoms with Crippen LogP contribution in [0, 0.1) is 5.82 Å². The topological polar surface area (TPSA) is 141 Å². The van der Waals surface area contributed by atoms with Gasteiger partial charge < -0.3 is 21.3 Å². The van der Waals surface area contributed by atoms with Gasteiger partial charge in [0.25, 0.3) is 11.6 Å². The van der Waals surface area contributed by atoms with Gasteiger partial charge in [-0.3, -0.25) is 9.59 Å². The Balaban J connectivity index is 1.59. The Morgan fingerprint density at radius 2 is 1.83 bits per heavy atom. The van der Waals surface area contributed by atoms with Crippen molar-refractivity contribution in [3.8, 4) is 17.0 Å².